The number of aliphatic hydroxyl groups is 1. The van der Waals surface area contributed by atoms with Gasteiger partial charge in [-0.2, -0.15) is 0 Å². The molecule has 0 spiro atoms. The van der Waals surface area contributed by atoms with Crippen molar-refractivity contribution in [2.75, 3.05) is 24.8 Å². The Kier molecular flexibility index (Phi) is 7.59. The summed E-state index contributed by atoms with van der Waals surface area (Å²) in [5.74, 6) is 0.890. The fraction of sp³-hybridized carbons (Fsp3) is 0.600. The molecule has 4 N–H and O–H groups in total. The van der Waals surface area contributed by atoms with E-state index >= 15 is 0 Å². The van der Waals surface area contributed by atoms with Gasteiger partial charge in [0.25, 0.3) is 0 Å². The minimum absolute atomic E-state index is 0.0431. The van der Waals surface area contributed by atoms with E-state index in [1.54, 1.807) is 16.7 Å². The van der Waals surface area contributed by atoms with Crippen molar-refractivity contribution in [1.29, 1.82) is 0 Å². The lowest BCUT2D eigenvalue weighted by Gasteiger charge is -2.27. The lowest BCUT2D eigenvalue weighted by Crippen LogP contribution is -2.48. The number of hydrogen-bond donors (Lipinski definition) is 3. The number of Topliss-reactive ketones (excluding diaryl/α,β-unsaturated/α-hetero) is 1. The van der Waals surface area contributed by atoms with E-state index in [-0.39, 0.29) is 35.6 Å². The SMILES string of the molecule is Cc1cc2c(cc1N)C=C(CCCCCC(=O)N1CCC[C@H]1C(=O)C1SCN[C@@H]1CO)C2. The normalized spacial score (nSPS) is 24.6. The summed E-state index contributed by atoms with van der Waals surface area (Å²) in [5, 5.41) is 12.4. The van der Waals surface area contributed by atoms with Crippen LogP contribution in [0.2, 0.25) is 0 Å². The second kappa shape index (κ2) is 10.4. The van der Waals surface area contributed by atoms with Crippen LogP contribution in [0, 0.1) is 6.92 Å². The van der Waals surface area contributed by atoms with Crippen molar-refractivity contribution in [3.8, 4) is 0 Å². The Morgan fingerprint density at radius 3 is 2.94 bits per heavy atom. The van der Waals surface area contributed by atoms with Crippen LogP contribution in [-0.4, -0.2) is 58.1 Å². The number of anilines is 1. The van der Waals surface area contributed by atoms with Gasteiger partial charge in [-0.3, -0.25) is 9.59 Å². The van der Waals surface area contributed by atoms with Crippen LogP contribution >= 0.6 is 11.8 Å². The zero-order valence-corrected chi connectivity index (χ0v) is 19.8. The number of rotatable bonds is 9. The van der Waals surface area contributed by atoms with Crippen molar-refractivity contribution in [3.05, 3.63) is 34.4 Å². The number of carbonyl (C=O) groups excluding carboxylic acids is 2. The Bertz CT molecular complexity index is 901. The van der Waals surface area contributed by atoms with E-state index < -0.39 is 0 Å². The van der Waals surface area contributed by atoms with Crippen LogP contribution in [-0.2, 0) is 16.0 Å². The van der Waals surface area contributed by atoms with Gasteiger partial charge in [0.2, 0.25) is 5.91 Å². The van der Waals surface area contributed by atoms with Gasteiger partial charge in [0.05, 0.1) is 17.9 Å². The van der Waals surface area contributed by atoms with E-state index in [1.165, 1.54) is 16.7 Å². The molecule has 3 aliphatic rings. The molecule has 1 aromatic carbocycles. The predicted molar refractivity (Wildman–Crippen MR) is 130 cm³/mol. The van der Waals surface area contributed by atoms with E-state index in [9.17, 15) is 14.7 Å². The third kappa shape index (κ3) is 5.05. The first kappa shape index (κ1) is 23.3. The number of aryl methyl sites for hydroxylation is 1. The summed E-state index contributed by atoms with van der Waals surface area (Å²) in [5.41, 5.74) is 12.1. The minimum Gasteiger partial charge on any atom is -0.398 e. The molecule has 7 heteroatoms. The first-order valence-electron chi connectivity index (χ1n) is 11.9. The molecule has 1 unspecified atom stereocenters. The van der Waals surface area contributed by atoms with Crippen LogP contribution in [0.4, 0.5) is 5.69 Å². The lowest BCUT2D eigenvalue weighted by molar-refractivity contribution is -0.137. The molecule has 4 rings (SSSR count). The summed E-state index contributed by atoms with van der Waals surface area (Å²) in [6.07, 6.45) is 9.44. The molecule has 6 nitrogen and oxygen atoms in total. The molecule has 1 amide bonds. The monoisotopic (exact) mass is 457 g/mol. The van der Waals surface area contributed by atoms with Gasteiger partial charge in [-0.1, -0.05) is 24.1 Å². The Labute approximate surface area is 195 Å². The topological polar surface area (TPSA) is 95.7 Å². The fourth-order valence-electron chi connectivity index (χ4n) is 5.17. The van der Waals surface area contributed by atoms with Gasteiger partial charge < -0.3 is 21.1 Å². The highest BCUT2D eigenvalue weighted by molar-refractivity contribution is 8.00. The number of unbranched alkanes of at least 4 members (excludes halogenated alkanes) is 2. The largest absolute Gasteiger partial charge is 0.398 e. The summed E-state index contributed by atoms with van der Waals surface area (Å²) in [6.45, 7) is 2.69. The van der Waals surface area contributed by atoms with E-state index in [1.807, 2.05) is 0 Å². The van der Waals surface area contributed by atoms with Gasteiger partial charge >= 0.3 is 0 Å². The smallest absolute Gasteiger partial charge is 0.223 e. The molecule has 3 atom stereocenters. The number of ketones is 1. The zero-order chi connectivity index (χ0) is 22.7. The number of amides is 1. The summed E-state index contributed by atoms with van der Waals surface area (Å²) < 4.78 is 0. The van der Waals surface area contributed by atoms with Gasteiger partial charge in [-0.25, -0.2) is 0 Å². The fourth-order valence-corrected chi connectivity index (χ4v) is 6.40. The van der Waals surface area contributed by atoms with Crippen molar-refractivity contribution in [1.82, 2.24) is 10.2 Å². The standard InChI is InChI=1S/C25H35N3O3S/c1-16-10-18-11-17(12-19(18)13-20(16)26)6-3-2-4-8-23(30)28-9-5-7-22(28)24(31)25-21(14-29)27-15-32-25/h10,12-13,21-22,25,27,29H,2-9,11,14-15,26H2,1H3/t21-,22+,25?/m1/s1. The highest BCUT2D eigenvalue weighted by atomic mass is 32.2. The first-order chi connectivity index (χ1) is 15.5. The third-order valence-electron chi connectivity index (χ3n) is 7.05. The van der Waals surface area contributed by atoms with Crippen molar-refractivity contribution in [3.63, 3.8) is 0 Å². The second-order valence-electron chi connectivity index (χ2n) is 9.32. The number of likely N-dealkylation sites (tertiary alicyclic amines) is 1. The maximum Gasteiger partial charge on any atom is 0.223 e. The molecule has 0 radical (unpaired) electrons. The number of thioether (sulfide) groups is 1. The molecule has 2 aliphatic heterocycles. The van der Waals surface area contributed by atoms with Crippen LogP contribution < -0.4 is 11.1 Å². The van der Waals surface area contributed by atoms with Gasteiger partial charge in [0.1, 0.15) is 0 Å². The Balaban J connectivity index is 1.20. The number of carbonyl (C=O) groups is 2. The second-order valence-corrected chi connectivity index (χ2v) is 10.4. The molecule has 2 heterocycles. The predicted octanol–water partition coefficient (Wildman–Crippen LogP) is 3.05. The number of allylic oxidation sites excluding steroid dienone is 1. The van der Waals surface area contributed by atoms with Gasteiger partial charge in [0.15, 0.2) is 5.78 Å². The molecule has 2 fully saturated rings. The highest BCUT2D eigenvalue weighted by Crippen LogP contribution is 2.32. The number of nitrogens with one attached hydrogen (secondary N) is 1. The van der Waals surface area contributed by atoms with Crippen LogP contribution in [0.1, 0.15) is 61.6 Å². The van der Waals surface area contributed by atoms with E-state index in [0.717, 1.165) is 56.2 Å². The number of benzene rings is 1. The average molecular weight is 458 g/mol. The highest BCUT2D eigenvalue weighted by Gasteiger charge is 2.41. The number of nitrogens with two attached hydrogens (primary N) is 1. The quantitative estimate of drug-likeness (QED) is 0.390. The Hall–Kier alpha value is -1.83. The van der Waals surface area contributed by atoms with Crippen molar-refractivity contribution in [2.24, 2.45) is 0 Å². The zero-order valence-electron chi connectivity index (χ0n) is 18.9. The van der Waals surface area contributed by atoms with Crippen molar-refractivity contribution in [2.45, 2.75) is 75.6 Å². The molecule has 0 bridgehead atoms. The molecule has 1 aromatic rings. The number of nitrogen functional groups attached to an aromatic ring is 1. The van der Waals surface area contributed by atoms with Gasteiger partial charge in [-0.15, -0.1) is 11.8 Å². The summed E-state index contributed by atoms with van der Waals surface area (Å²) in [7, 11) is 0. The minimum atomic E-state index is -0.313. The van der Waals surface area contributed by atoms with Crippen molar-refractivity contribution >= 4 is 35.2 Å². The van der Waals surface area contributed by atoms with E-state index in [2.05, 4.69) is 30.4 Å². The molecule has 1 aliphatic carbocycles. The number of aliphatic hydroxyl groups excluding tert-OH is 1. The average Bonchev–Trinajstić information content (AvgIpc) is 3.52. The number of nitrogens with zero attached hydrogens (tertiary/aromatic N) is 1. The van der Waals surface area contributed by atoms with Gasteiger partial charge in [-0.05, 0) is 68.2 Å². The van der Waals surface area contributed by atoms with E-state index in [4.69, 9.17) is 5.73 Å². The number of fused-ring (bicyclic) bond motifs is 1. The molecular weight excluding hydrogens is 422 g/mol. The van der Waals surface area contributed by atoms with Crippen LogP contribution in [0.5, 0.6) is 0 Å². The summed E-state index contributed by atoms with van der Waals surface area (Å²) >= 11 is 1.55. The summed E-state index contributed by atoms with van der Waals surface area (Å²) in [4.78, 5) is 27.7. The molecule has 0 aromatic heterocycles. The lowest BCUT2D eigenvalue weighted by atomic mass is 10.0. The van der Waals surface area contributed by atoms with Crippen molar-refractivity contribution < 1.29 is 14.7 Å². The third-order valence-corrected chi connectivity index (χ3v) is 8.30. The maximum atomic E-state index is 13.0. The number of hydrogen-bond acceptors (Lipinski definition) is 6. The molecule has 0 saturated carbocycles. The van der Waals surface area contributed by atoms with Crippen LogP contribution in [0.15, 0.2) is 17.7 Å². The summed E-state index contributed by atoms with van der Waals surface area (Å²) in [6, 6.07) is 3.77. The molecule has 2 saturated heterocycles. The molecule has 174 valence electrons. The first-order valence-corrected chi connectivity index (χ1v) is 12.9. The van der Waals surface area contributed by atoms with E-state index in [0.29, 0.717) is 18.8 Å². The maximum absolute atomic E-state index is 13.0. The molecular formula is C25H35N3O3S. The van der Waals surface area contributed by atoms with Gasteiger partial charge in [0, 0.05) is 30.6 Å². The van der Waals surface area contributed by atoms with Crippen LogP contribution in [0.3, 0.4) is 0 Å². The Morgan fingerprint density at radius 1 is 1.28 bits per heavy atom. The Morgan fingerprint density at radius 2 is 2.12 bits per heavy atom. The molecule has 32 heavy (non-hydrogen) atoms. The van der Waals surface area contributed by atoms with Crippen LogP contribution in [0.25, 0.3) is 6.08 Å².